The predicted octanol–water partition coefficient (Wildman–Crippen LogP) is 3.26. The lowest BCUT2D eigenvalue weighted by molar-refractivity contribution is 0.507. The van der Waals surface area contributed by atoms with E-state index in [4.69, 9.17) is 11.3 Å². The van der Waals surface area contributed by atoms with Crippen LogP contribution in [-0.2, 0) is 0 Å². The number of nitrogens with zero attached hydrogens (tertiary/aromatic N) is 3. The van der Waals surface area contributed by atoms with Crippen molar-refractivity contribution in [2.45, 2.75) is 6.42 Å². The topological polar surface area (TPSA) is 74.8 Å². The number of nitrogens with two attached hydrogens (primary N) is 1. The Morgan fingerprint density at radius 3 is 2.88 bits per heavy atom. The fourth-order valence-electron chi connectivity index (χ4n) is 1.13. The summed E-state index contributed by atoms with van der Waals surface area (Å²) in [6.07, 6.45) is 3.39. The van der Waals surface area contributed by atoms with Crippen molar-refractivity contribution in [3.05, 3.63) is 45.8 Å². The monoisotopic (exact) mass is 224 g/mol. The second-order valence-corrected chi connectivity index (χ2v) is 3.01. The Bertz CT molecular complexity index is 450. The van der Waals surface area contributed by atoms with Gasteiger partial charge in [0.15, 0.2) is 11.6 Å². The molecule has 0 aliphatic carbocycles. The first kappa shape index (κ1) is 12.0. The number of anilines is 1. The third-order valence-electron chi connectivity index (χ3n) is 1.91. The van der Waals surface area contributed by atoms with E-state index in [9.17, 15) is 8.78 Å². The van der Waals surface area contributed by atoms with Gasteiger partial charge in [-0.05, 0) is 24.1 Å². The molecule has 6 heteroatoms. The number of rotatable bonds is 4. The molecule has 0 aliphatic heterocycles. The summed E-state index contributed by atoms with van der Waals surface area (Å²) in [5.74, 6) is -1.91. The summed E-state index contributed by atoms with van der Waals surface area (Å²) in [5.41, 5.74) is 13.7. The molecule has 1 rings (SSSR count). The van der Waals surface area contributed by atoms with Crippen LogP contribution in [0.5, 0.6) is 0 Å². The largest absolute Gasteiger partial charge is 0.398 e. The Labute approximate surface area is 91.0 Å². The van der Waals surface area contributed by atoms with Crippen LogP contribution in [0.25, 0.3) is 16.5 Å². The number of hydrogen-bond donors (Lipinski definition) is 1. The van der Waals surface area contributed by atoms with Crippen molar-refractivity contribution >= 4 is 11.8 Å². The summed E-state index contributed by atoms with van der Waals surface area (Å²) >= 11 is 0. The first-order valence-electron chi connectivity index (χ1n) is 4.57. The van der Waals surface area contributed by atoms with Crippen molar-refractivity contribution in [1.29, 1.82) is 0 Å². The third kappa shape index (κ3) is 2.96. The van der Waals surface area contributed by atoms with E-state index in [1.165, 1.54) is 12.1 Å². The molecule has 0 bridgehead atoms. The Hall–Kier alpha value is -2.07. The van der Waals surface area contributed by atoms with Gasteiger partial charge in [0, 0.05) is 22.7 Å². The summed E-state index contributed by atoms with van der Waals surface area (Å²) < 4.78 is 26.1. The second-order valence-electron chi connectivity index (χ2n) is 3.01. The lowest BCUT2D eigenvalue weighted by Gasteiger charge is -2.02. The molecule has 0 aliphatic rings. The summed E-state index contributed by atoms with van der Waals surface area (Å²) in [6, 6.07) is 2.27. The quantitative estimate of drug-likeness (QED) is 0.275. The molecule has 16 heavy (non-hydrogen) atoms. The van der Waals surface area contributed by atoms with Crippen LogP contribution in [0.2, 0.25) is 0 Å². The van der Waals surface area contributed by atoms with Gasteiger partial charge in [0.1, 0.15) is 0 Å². The van der Waals surface area contributed by atoms with Gasteiger partial charge in [-0.15, -0.1) is 0 Å². The van der Waals surface area contributed by atoms with Crippen LogP contribution in [0, 0.1) is 11.6 Å². The third-order valence-corrected chi connectivity index (χ3v) is 1.91. The zero-order valence-electron chi connectivity index (χ0n) is 8.40. The lowest BCUT2D eigenvalue weighted by Crippen LogP contribution is -1.96. The summed E-state index contributed by atoms with van der Waals surface area (Å²) in [5, 5.41) is 3.30. The van der Waals surface area contributed by atoms with Gasteiger partial charge in [0.05, 0.1) is 0 Å². The van der Waals surface area contributed by atoms with Gasteiger partial charge in [-0.1, -0.05) is 17.3 Å². The molecule has 0 spiro atoms. The van der Waals surface area contributed by atoms with E-state index in [-0.39, 0.29) is 17.8 Å². The van der Waals surface area contributed by atoms with Crippen LogP contribution >= 0.6 is 0 Å². The number of nitrogen functional groups attached to an aromatic ring is 1. The zero-order chi connectivity index (χ0) is 12.0. The number of hydrogen-bond acceptors (Lipinski definition) is 2. The van der Waals surface area contributed by atoms with Gasteiger partial charge in [-0.25, -0.2) is 8.78 Å². The van der Waals surface area contributed by atoms with Crippen molar-refractivity contribution < 1.29 is 8.78 Å². The molecule has 0 radical (unpaired) electrons. The fourth-order valence-corrected chi connectivity index (χ4v) is 1.13. The highest BCUT2D eigenvalue weighted by Crippen LogP contribution is 2.20. The van der Waals surface area contributed by atoms with Crippen LogP contribution < -0.4 is 5.73 Å². The average Bonchev–Trinajstić information content (AvgIpc) is 2.28. The molecule has 0 amide bonds. The molecule has 0 atom stereocenters. The highest BCUT2D eigenvalue weighted by molar-refractivity contribution is 5.64. The van der Waals surface area contributed by atoms with E-state index >= 15 is 0 Å². The fraction of sp³-hybridized carbons (Fsp3) is 0.200. The summed E-state index contributed by atoms with van der Waals surface area (Å²) in [7, 11) is 0. The van der Waals surface area contributed by atoms with E-state index in [1.807, 2.05) is 0 Å². The summed E-state index contributed by atoms with van der Waals surface area (Å²) in [6.45, 7) is 0.268. The first-order valence-corrected chi connectivity index (χ1v) is 4.57. The minimum absolute atomic E-state index is 0.0148. The van der Waals surface area contributed by atoms with Gasteiger partial charge in [0.2, 0.25) is 0 Å². The minimum Gasteiger partial charge on any atom is -0.398 e. The van der Waals surface area contributed by atoms with Gasteiger partial charge < -0.3 is 5.73 Å². The summed E-state index contributed by atoms with van der Waals surface area (Å²) in [4.78, 5) is 2.56. The molecule has 4 nitrogen and oxygen atoms in total. The number of azide groups is 1. The van der Waals surface area contributed by atoms with Crippen LogP contribution in [0.1, 0.15) is 12.0 Å². The Kier molecular flexibility index (Phi) is 4.29. The maximum atomic E-state index is 13.2. The maximum Gasteiger partial charge on any atom is 0.168 e. The van der Waals surface area contributed by atoms with Crippen LogP contribution in [0.15, 0.2) is 23.3 Å². The van der Waals surface area contributed by atoms with Gasteiger partial charge in [0.25, 0.3) is 0 Å². The van der Waals surface area contributed by atoms with Crippen LogP contribution in [0.4, 0.5) is 14.5 Å². The first-order chi connectivity index (χ1) is 7.66. The predicted molar refractivity (Wildman–Crippen MR) is 58.4 cm³/mol. The van der Waals surface area contributed by atoms with Crippen molar-refractivity contribution in [1.82, 2.24) is 0 Å². The SMILES string of the molecule is [N-]=[N+]=NCCC=Cc1c(N)ccc(F)c1F. The van der Waals surface area contributed by atoms with Crippen molar-refractivity contribution in [3.8, 4) is 0 Å². The molecular weight excluding hydrogens is 214 g/mol. The van der Waals surface area contributed by atoms with Crippen molar-refractivity contribution in [2.24, 2.45) is 5.11 Å². The highest BCUT2D eigenvalue weighted by Gasteiger charge is 2.08. The molecule has 0 fully saturated rings. The van der Waals surface area contributed by atoms with E-state index in [0.29, 0.717) is 6.42 Å². The van der Waals surface area contributed by atoms with Crippen LogP contribution in [0.3, 0.4) is 0 Å². The zero-order valence-corrected chi connectivity index (χ0v) is 8.40. The second kappa shape index (κ2) is 5.72. The van der Waals surface area contributed by atoms with Gasteiger partial charge in [-0.3, -0.25) is 0 Å². The normalized spacial score (nSPS) is 10.4. The van der Waals surface area contributed by atoms with Crippen LogP contribution in [-0.4, -0.2) is 6.54 Å². The molecule has 2 N–H and O–H groups in total. The van der Waals surface area contributed by atoms with Gasteiger partial charge in [-0.2, -0.15) is 0 Å². The lowest BCUT2D eigenvalue weighted by atomic mass is 10.1. The van der Waals surface area contributed by atoms with E-state index in [2.05, 4.69) is 10.0 Å². The molecule has 1 aromatic carbocycles. The molecule has 0 aromatic heterocycles. The van der Waals surface area contributed by atoms with Gasteiger partial charge >= 0.3 is 0 Å². The molecule has 0 saturated carbocycles. The smallest absolute Gasteiger partial charge is 0.168 e. The minimum atomic E-state index is -0.972. The van der Waals surface area contributed by atoms with Crippen molar-refractivity contribution in [2.75, 3.05) is 12.3 Å². The number of benzene rings is 1. The average molecular weight is 224 g/mol. The Morgan fingerprint density at radius 2 is 2.19 bits per heavy atom. The standard InChI is InChI=1S/C10H10F2N4/c11-8-4-5-9(13)7(10(8)12)3-1-2-6-15-16-14/h1,3-5H,2,6,13H2. The highest BCUT2D eigenvalue weighted by atomic mass is 19.2. The molecule has 0 unspecified atom stereocenters. The molecule has 0 saturated heterocycles. The molecule has 1 aromatic rings. The number of halogens is 2. The molecular formula is C10H10F2N4. The molecule has 84 valence electrons. The van der Waals surface area contributed by atoms with Crippen molar-refractivity contribution in [3.63, 3.8) is 0 Å². The van der Waals surface area contributed by atoms with E-state index < -0.39 is 11.6 Å². The van der Waals surface area contributed by atoms with E-state index in [0.717, 1.165) is 6.07 Å². The maximum absolute atomic E-state index is 13.2. The van der Waals surface area contributed by atoms with E-state index in [1.54, 1.807) is 6.08 Å². The molecule has 0 heterocycles. The Morgan fingerprint density at radius 1 is 1.44 bits per heavy atom. The Balaban J connectivity index is 2.80.